The minimum atomic E-state index is -0.896. The van der Waals surface area contributed by atoms with Crippen LogP contribution in [0.4, 0.5) is 0 Å². The topological polar surface area (TPSA) is 95.9 Å². The lowest BCUT2D eigenvalue weighted by Crippen LogP contribution is -2.36. The standard InChI is InChI=1S/C12H21NO5/c1-18-7-8(14)5-6-13-11(15)9-3-2-4-10(9)12(16)17/h8-10,14H,2-7H2,1H3,(H,13,15)(H,16,17). The van der Waals surface area contributed by atoms with Gasteiger partial charge in [-0.25, -0.2) is 0 Å². The van der Waals surface area contributed by atoms with Gasteiger partial charge in [0.15, 0.2) is 0 Å². The molecule has 0 aliphatic heterocycles. The Morgan fingerprint density at radius 3 is 2.67 bits per heavy atom. The van der Waals surface area contributed by atoms with Crippen LogP contribution >= 0.6 is 0 Å². The van der Waals surface area contributed by atoms with Crippen molar-refractivity contribution in [3.8, 4) is 0 Å². The summed E-state index contributed by atoms with van der Waals surface area (Å²) in [5.41, 5.74) is 0. The van der Waals surface area contributed by atoms with Gasteiger partial charge in [-0.3, -0.25) is 9.59 Å². The molecule has 6 heteroatoms. The van der Waals surface area contributed by atoms with Gasteiger partial charge in [0.25, 0.3) is 0 Å². The fourth-order valence-electron chi connectivity index (χ4n) is 2.34. The molecule has 0 bridgehead atoms. The van der Waals surface area contributed by atoms with E-state index in [1.54, 1.807) is 0 Å². The Hall–Kier alpha value is -1.14. The second kappa shape index (κ2) is 7.33. The van der Waals surface area contributed by atoms with Crippen LogP contribution in [-0.2, 0) is 14.3 Å². The predicted molar refractivity (Wildman–Crippen MR) is 64.0 cm³/mol. The summed E-state index contributed by atoms with van der Waals surface area (Å²) in [4.78, 5) is 22.8. The number of carbonyl (C=O) groups excluding carboxylic acids is 1. The summed E-state index contributed by atoms with van der Waals surface area (Å²) in [6.07, 6.45) is 1.78. The van der Waals surface area contributed by atoms with Crippen molar-refractivity contribution in [1.82, 2.24) is 5.32 Å². The molecular weight excluding hydrogens is 238 g/mol. The van der Waals surface area contributed by atoms with Crippen LogP contribution in [0.1, 0.15) is 25.7 Å². The molecule has 0 heterocycles. The Morgan fingerprint density at radius 2 is 2.06 bits per heavy atom. The number of aliphatic hydroxyl groups excluding tert-OH is 1. The van der Waals surface area contributed by atoms with Crippen molar-refractivity contribution in [2.45, 2.75) is 31.8 Å². The van der Waals surface area contributed by atoms with E-state index in [0.29, 0.717) is 25.8 Å². The molecule has 1 fully saturated rings. The molecule has 104 valence electrons. The summed E-state index contributed by atoms with van der Waals surface area (Å²) >= 11 is 0. The van der Waals surface area contributed by atoms with Crippen molar-refractivity contribution < 1.29 is 24.5 Å². The second-order valence-corrected chi connectivity index (χ2v) is 4.67. The SMILES string of the molecule is COCC(O)CCNC(=O)C1CCCC1C(=O)O. The number of carboxylic acids is 1. The average molecular weight is 259 g/mol. The van der Waals surface area contributed by atoms with Crippen LogP contribution in [0.3, 0.4) is 0 Å². The number of nitrogens with one attached hydrogen (secondary N) is 1. The van der Waals surface area contributed by atoms with Crippen LogP contribution < -0.4 is 5.32 Å². The monoisotopic (exact) mass is 259 g/mol. The Kier molecular flexibility index (Phi) is 6.07. The maximum absolute atomic E-state index is 11.8. The van der Waals surface area contributed by atoms with Gasteiger partial charge in [-0.2, -0.15) is 0 Å². The Morgan fingerprint density at radius 1 is 1.39 bits per heavy atom. The zero-order valence-electron chi connectivity index (χ0n) is 10.6. The summed E-state index contributed by atoms with van der Waals surface area (Å²) in [6, 6.07) is 0. The van der Waals surface area contributed by atoms with Crippen molar-refractivity contribution in [3.63, 3.8) is 0 Å². The highest BCUT2D eigenvalue weighted by Gasteiger charge is 2.37. The largest absolute Gasteiger partial charge is 0.481 e. The maximum atomic E-state index is 11.8. The predicted octanol–water partition coefficient (Wildman–Crippen LogP) is 0.000900. The average Bonchev–Trinajstić information content (AvgIpc) is 2.78. The van der Waals surface area contributed by atoms with E-state index < -0.39 is 23.9 Å². The number of aliphatic hydroxyl groups is 1. The minimum Gasteiger partial charge on any atom is -0.481 e. The first-order valence-corrected chi connectivity index (χ1v) is 6.23. The number of hydrogen-bond acceptors (Lipinski definition) is 4. The molecule has 1 rings (SSSR count). The van der Waals surface area contributed by atoms with Gasteiger partial charge in [-0.1, -0.05) is 6.42 Å². The third-order valence-electron chi connectivity index (χ3n) is 3.31. The van der Waals surface area contributed by atoms with Gasteiger partial charge >= 0.3 is 5.97 Å². The molecule has 0 radical (unpaired) electrons. The normalized spacial score (nSPS) is 24.8. The molecule has 0 aromatic heterocycles. The summed E-state index contributed by atoms with van der Waals surface area (Å²) in [6.45, 7) is 0.573. The highest BCUT2D eigenvalue weighted by Crippen LogP contribution is 2.31. The molecule has 6 nitrogen and oxygen atoms in total. The zero-order chi connectivity index (χ0) is 13.5. The van der Waals surface area contributed by atoms with Crippen LogP contribution in [0.15, 0.2) is 0 Å². The van der Waals surface area contributed by atoms with Gasteiger partial charge in [0.2, 0.25) is 5.91 Å². The number of carbonyl (C=O) groups is 2. The Bertz CT molecular complexity index is 294. The molecule has 3 N–H and O–H groups in total. The smallest absolute Gasteiger partial charge is 0.307 e. The van der Waals surface area contributed by atoms with E-state index in [1.165, 1.54) is 7.11 Å². The number of hydrogen-bond donors (Lipinski definition) is 3. The highest BCUT2D eigenvalue weighted by atomic mass is 16.5. The van der Waals surface area contributed by atoms with E-state index in [2.05, 4.69) is 5.32 Å². The number of carboxylic acid groups (broad SMARTS) is 1. The van der Waals surface area contributed by atoms with Gasteiger partial charge in [0, 0.05) is 13.7 Å². The number of methoxy groups -OCH3 is 1. The molecule has 1 amide bonds. The number of rotatable bonds is 7. The van der Waals surface area contributed by atoms with Gasteiger partial charge in [0.1, 0.15) is 0 Å². The summed E-state index contributed by atoms with van der Waals surface area (Å²) in [5, 5.41) is 21.1. The van der Waals surface area contributed by atoms with E-state index in [9.17, 15) is 14.7 Å². The van der Waals surface area contributed by atoms with Crippen molar-refractivity contribution in [2.75, 3.05) is 20.3 Å². The summed E-state index contributed by atoms with van der Waals surface area (Å²) in [7, 11) is 1.50. The first-order valence-electron chi connectivity index (χ1n) is 6.23. The van der Waals surface area contributed by atoms with Crippen LogP contribution in [0.25, 0.3) is 0 Å². The lowest BCUT2D eigenvalue weighted by molar-refractivity contribution is -0.146. The summed E-state index contributed by atoms with van der Waals surface area (Å²) in [5.74, 6) is -2.10. The number of ether oxygens (including phenoxy) is 1. The number of aliphatic carboxylic acids is 1. The van der Waals surface area contributed by atoms with Crippen molar-refractivity contribution >= 4 is 11.9 Å². The van der Waals surface area contributed by atoms with E-state index in [0.717, 1.165) is 6.42 Å². The van der Waals surface area contributed by atoms with Crippen LogP contribution in [0.5, 0.6) is 0 Å². The van der Waals surface area contributed by atoms with Crippen LogP contribution in [0, 0.1) is 11.8 Å². The molecule has 0 spiro atoms. The lowest BCUT2D eigenvalue weighted by atomic mass is 9.95. The molecule has 1 saturated carbocycles. The van der Waals surface area contributed by atoms with Crippen molar-refractivity contribution in [2.24, 2.45) is 11.8 Å². The molecule has 0 aromatic carbocycles. The molecule has 3 atom stereocenters. The Labute approximate surface area is 106 Å². The number of amides is 1. The highest BCUT2D eigenvalue weighted by molar-refractivity contribution is 5.85. The third kappa shape index (κ3) is 4.27. The molecule has 18 heavy (non-hydrogen) atoms. The molecule has 3 unspecified atom stereocenters. The van der Waals surface area contributed by atoms with Gasteiger partial charge in [0.05, 0.1) is 24.5 Å². The van der Waals surface area contributed by atoms with Gasteiger partial charge in [-0.05, 0) is 19.3 Å². The molecular formula is C12H21NO5. The molecule has 1 aliphatic carbocycles. The first-order chi connectivity index (χ1) is 8.56. The molecule has 1 aliphatic rings. The van der Waals surface area contributed by atoms with E-state index >= 15 is 0 Å². The van der Waals surface area contributed by atoms with E-state index in [1.807, 2.05) is 0 Å². The fraction of sp³-hybridized carbons (Fsp3) is 0.833. The quantitative estimate of drug-likeness (QED) is 0.598. The molecule has 0 saturated heterocycles. The van der Waals surface area contributed by atoms with Crippen LogP contribution in [0.2, 0.25) is 0 Å². The second-order valence-electron chi connectivity index (χ2n) is 4.67. The van der Waals surface area contributed by atoms with E-state index in [4.69, 9.17) is 9.84 Å². The fourth-order valence-corrected chi connectivity index (χ4v) is 2.34. The third-order valence-corrected chi connectivity index (χ3v) is 3.31. The van der Waals surface area contributed by atoms with Crippen molar-refractivity contribution in [1.29, 1.82) is 0 Å². The zero-order valence-corrected chi connectivity index (χ0v) is 10.6. The Balaban J connectivity index is 2.30. The lowest BCUT2D eigenvalue weighted by Gasteiger charge is -2.16. The molecule has 0 aromatic rings. The van der Waals surface area contributed by atoms with E-state index in [-0.39, 0.29) is 12.5 Å². The maximum Gasteiger partial charge on any atom is 0.307 e. The first kappa shape index (κ1) is 14.9. The summed E-state index contributed by atoms with van der Waals surface area (Å²) < 4.78 is 4.77. The van der Waals surface area contributed by atoms with Gasteiger partial charge < -0.3 is 20.3 Å². The van der Waals surface area contributed by atoms with Gasteiger partial charge in [-0.15, -0.1) is 0 Å². The van der Waals surface area contributed by atoms with Crippen LogP contribution in [-0.4, -0.2) is 48.5 Å². The van der Waals surface area contributed by atoms with Crippen molar-refractivity contribution in [3.05, 3.63) is 0 Å². The minimum absolute atomic E-state index is 0.218.